The van der Waals surface area contributed by atoms with Crippen molar-refractivity contribution in [2.24, 2.45) is 17.3 Å². The summed E-state index contributed by atoms with van der Waals surface area (Å²) in [4.78, 5) is 23.7. The second kappa shape index (κ2) is 6.14. The van der Waals surface area contributed by atoms with Gasteiger partial charge < -0.3 is 10.1 Å². The van der Waals surface area contributed by atoms with Crippen molar-refractivity contribution in [3.63, 3.8) is 0 Å². The van der Waals surface area contributed by atoms with Crippen LogP contribution in [0.25, 0.3) is 0 Å². The van der Waals surface area contributed by atoms with E-state index in [9.17, 15) is 9.59 Å². The van der Waals surface area contributed by atoms with Gasteiger partial charge in [-0.3, -0.25) is 9.59 Å². The van der Waals surface area contributed by atoms with E-state index in [1.54, 1.807) is 0 Å². The van der Waals surface area contributed by atoms with Crippen molar-refractivity contribution in [1.82, 2.24) is 5.32 Å². The number of hydrogen-bond acceptors (Lipinski definition) is 3. The first-order valence-corrected chi connectivity index (χ1v) is 9.33. The lowest BCUT2D eigenvalue weighted by molar-refractivity contribution is -0.154. The summed E-state index contributed by atoms with van der Waals surface area (Å²) in [6.45, 7) is 2.49. The van der Waals surface area contributed by atoms with Crippen LogP contribution in [0.5, 0.6) is 0 Å². The molecule has 124 valence electrons. The molecule has 1 N–H and O–H groups in total. The summed E-state index contributed by atoms with van der Waals surface area (Å²) in [5.41, 5.74) is 0.116. The highest BCUT2D eigenvalue weighted by atomic mass is 79.9. The average molecular weight is 372 g/mol. The first-order chi connectivity index (χ1) is 10.4. The van der Waals surface area contributed by atoms with Crippen molar-refractivity contribution in [1.29, 1.82) is 0 Å². The molecule has 0 aliphatic heterocycles. The lowest BCUT2D eigenvalue weighted by atomic mass is 9.49. The molecule has 0 heterocycles. The van der Waals surface area contributed by atoms with E-state index < -0.39 is 0 Å². The molecule has 4 bridgehead atoms. The van der Waals surface area contributed by atoms with E-state index in [-0.39, 0.29) is 28.2 Å². The third-order valence-corrected chi connectivity index (χ3v) is 6.49. The van der Waals surface area contributed by atoms with Gasteiger partial charge in [0, 0.05) is 10.9 Å². The van der Waals surface area contributed by atoms with Gasteiger partial charge in [0.1, 0.15) is 0 Å². The van der Waals surface area contributed by atoms with Gasteiger partial charge in [0.25, 0.3) is 5.91 Å². The number of carbonyl (C=O) groups is 2. The minimum atomic E-state index is -0.204. The summed E-state index contributed by atoms with van der Waals surface area (Å²) in [6, 6.07) is 0. The second-order valence-electron chi connectivity index (χ2n) is 7.80. The van der Waals surface area contributed by atoms with Crippen molar-refractivity contribution >= 4 is 27.8 Å². The lowest BCUT2D eigenvalue weighted by Gasteiger charge is -2.60. The standard InChI is InChI=1S/C17H26BrNO3/c1-2-3-19-14(20)10-22-15(21)9-16-5-12-4-13(6-16)8-17(18,7-12)11-16/h12-13H,2-11H2,1H3,(H,19,20). The lowest BCUT2D eigenvalue weighted by Crippen LogP contribution is -2.53. The Morgan fingerprint density at radius 1 is 1.23 bits per heavy atom. The van der Waals surface area contributed by atoms with Crippen LogP contribution in [-0.2, 0) is 14.3 Å². The Morgan fingerprint density at radius 2 is 1.91 bits per heavy atom. The molecule has 5 heteroatoms. The second-order valence-corrected chi connectivity index (χ2v) is 9.48. The predicted molar refractivity (Wildman–Crippen MR) is 87.6 cm³/mol. The molecule has 0 spiro atoms. The number of rotatable bonds is 6. The van der Waals surface area contributed by atoms with Crippen molar-refractivity contribution in [2.75, 3.05) is 13.2 Å². The van der Waals surface area contributed by atoms with Gasteiger partial charge in [-0.25, -0.2) is 0 Å². The molecular weight excluding hydrogens is 346 g/mol. The van der Waals surface area contributed by atoms with Gasteiger partial charge in [0.2, 0.25) is 0 Å². The Kier molecular flexibility index (Phi) is 4.54. The van der Waals surface area contributed by atoms with E-state index in [2.05, 4.69) is 21.2 Å². The van der Waals surface area contributed by atoms with Crippen LogP contribution in [0, 0.1) is 17.3 Å². The first kappa shape index (κ1) is 16.3. The van der Waals surface area contributed by atoms with E-state index in [4.69, 9.17) is 4.74 Å². The molecule has 22 heavy (non-hydrogen) atoms. The number of esters is 1. The number of nitrogens with one attached hydrogen (secondary N) is 1. The maximum absolute atomic E-state index is 12.2. The minimum absolute atomic E-state index is 0.116. The van der Waals surface area contributed by atoms with Gasteiger partial charge in [0.15, 0.2) is 6.61 Å². The maximum Gasteiger partial charge on any atom is 0.306 e. The summed E-state index contributed by atoms with van der Waals surface area (Å²) in [6.07, 6.45) is 8.64. The molecule has 2 atom stereocenters. The number of alkyl halides is 1. The molecular formula is C17H26BrNO3. The van der Waals surface area contributed by atoms with Gasteiger partial charge in [0.05, 0.1) is 6.42 Å². The molecule has 4 rings (SSSR count). The monoisotopic (exact) mass is 371 g/mol. The summed E-state index contributed by atoms with van der Waals surface area (Å²) in [5.74, 6) is 1.13. The molecule has 0 radical (unpaired) electrons. The smallest absolute Gasteiger partial charge is 0.306 e. The van der Waals surface area contributed by atoms with Crippen LogP contribution < -0.4 is 5.32 Å². The number of halogens is 1. The van der Waals surface area contributed by atoms with Crippen LogP contribution in [0.1, 0.15) is 58.3 Å². The zero-order valence-corrected chi connectivity index (χ0v) is 14.9. The molecule has 4 fully saturated rings. The first-order valence-electron chi connectivity index (χ1n) is 8.53. The normalized spacial score (nSPS) is 38.8. The molecule has 4 aliphatic carbocycles. The molecule has 2 unspecified atom stereocenters. The Balaban J connectivity index is 1.52. The van der Waals surface area contributed by atoms with Crippen LogP contribution in [0.4, 0.5) is 0 Å². The summed E-state index contributed by atoms with van der Waals surface area (Å²) < 4.78 is 5.47. The third-order valence-electron chi connectivity index (χ3n) is 5.57. The Labute approximate surface area is 140 Å². The van der Waals surface area contributed by atoms with E-state index in [1.165, 1.54) is 19.3 Å². The van der Waals surface area contributed by atoms with Crippen LogP contribution >= 0.6 is 15.9 Å². The summed E-state index contributed by atoms with van der Waals surface area (Å²) in [7, 11) is 0. The largest absolute Gasteiger partial charge is 0.456 e. The van der Waals surface area contributed by atoms with Crippen LogP contribution in [-0.4, -0.2) is 29.4 Å². The fraction of sp³-hybridized carbons (Fsp3) is 0.882. The van der Waals surface area contributed by atoms with Crippen molar-refractivity contribution in [3.8, 4) is 0 Å². The topological polar surface area (TPSA) is 55.4 Å². The number of amides is 1. The van der Waals surface area contributed by atoms with Crippen molar-refractivity contribution in [2.45, 2.75) is 62.6 Å². The van der Waals surface area contributed by atoms with Gasteiger partial charge in [-0.2, -0.15) is 0 Å². The minimum Gasteiger partial charge on any atom is -0.456 e. The van der Waals surface area contributed by atoms with Gasteiger partial charge in [-0.15, -0.1) is 0 Å². The third kappa shape index (κ3) is 3.50. The highest BCUT2D eigenvalue weighted by molar-refractivity contribution is 9.10. The zero-order chi connectivity index (χ0) is 15.8. The Morgan fingerprint density at radius 3 is 2.50 bits per heavy atom. The number of ether oxygens (including phenoxy) is 1. The molecule has 0 aromatic rings. The number of carbonyl (C=O) groups excluding carboxylic acids is 2. The highest BCUT2D eigenvalue weighted by Crippen LogP contribution is 2.65. The maximum atomic E-state index is 12.2. The fourth-order valence-electron chi connectivity index (χ4n) is 5.36. The van der Waals surface area contributed by atoms with Crippen molar-refractivity contribution < 1.29 is 14.3 Å². The molecule has 4 nitrogen and oxygen atoms in total. The summed E-state index contributed by atoms with van der Waals surface area (Å²) >= 11 is 3.96. The Hall–Kier alpha value is -0.580. The fourth-order valence-corrected chi connectivity index (χ4v) is 6.87. The SMILES string of the molecule is CCCNC(=O)COC(=O)CC12CC3CC(CC(Br)(C3)C1)C2. The zero-order valence-electron chi connectivity index (χ0n) is 13.3. The van der Waals surface area contributed by atoms with Crippen LogP contribution in [0.15, 0.2) is 0 Å². The molecule has 4 saturated carbocycles. The molecule has 0 aromatic heterocycles. The molecule has 0 aromatic carbocycles. The summed E-state index contributed by atoms with van der Waals surface area (Å²) in [5, 5.41) is 2.73. The molecule has 1 amide bonds. The quantitative estimate of drug-likeness (QED) is 0.576. The van der Waals surface area contributed by atoms with E-state index in [0.717, 1.165) is 37.5 Å². The van der Waals surface area contributed by atoms with Crippen LogP contribution in [0.2, 0.25) is 0 Å². The van der Waals surface area contributed by atoms with E-state index in [0.29, 0.717) is 13.0 Å². The van der Waals surface area contributed by atoms with E-state index >= 15 is 0 Å². The van der Waals surface area contributed by atoms with Crippen molar-refractivity contribution in [3.05, 3.63) is 0 Å². The molecule has 0 saturated heterocycles. The Bertz CT molecular complexity index is 451. The van der Waals surface area contributed by atoms with Gasteiger partial charge in [-0.05, 0) is 62.2 Å². The van der Waals surface area contributed by atoms with Crippen LogP contribution in [0.3, 0.4) is 0 Å². The predicted octanol–water partition coefficient (Wildman–Crippen LogP) is 3.18. The average Bonchev–Trinajstić information content (AvgIpc) is 2.39. The van der Waals surface area contributed by atoms with Gasteiger partial charge >= 0.3 is 5.97 Å². The highest BCUT2D eigenvalue weighted by Gasteiger charge is 2.57. The van der Waals surface area contributed by atoms with E-state index in [1.807, 2.05) is 6.92 Å². The molecule has 4 aliphatic rings. The van der Waals surface area contributed by atoms with Gasteiger partial charge in [-0.1, -0.05) is 22.9 Å². The number of hydrogen-bond donors (Lipinski definition) is 1.